The second-order valence-electron chi connectivity index (χ2n) is 4.72. The first-order chi connectivity index (χ1) is 9.67. The Kier molecular flexibility index (Phi) is 4.91. The lowest BCUT2D eigenvalue weighted by Crippen LogP contribution is -2.51. The third-order valence-electron chi connectivity index (χ3n) is 3.51. The number of aromatic nitrogens is 3. The highest BCUT2D eigenvalue weighted by atomic mass is 16.5. The van der Waals surface area contributed by atoms with Crippen LogP contribution in [0.15, 0.2) is 0 Å². The predicted octanol–water partition coefficient (Wildman–Crippen LogP) is -0.642. The Labute approximate surface area is 118 Å². The molecular weight excluding hydrogens is 260 g/mol. The number of methoxy groups -OCH3 is 2. The van der Waals surface area contributed by atoms with E-state index in [9.17, 15) is 0 Å². The Morgan fingerprint density at radius 1 is 1.05 bits per heavy atom. The number of piperazine rings is 1. The molecule has 8 heteroatoms. The van der Waals surface area contributed by atoms with Crippen molar-refractivity contribution >= 4 is 5.95 Å². The molecule has 0 aromatic carbocycles. The van der Waals surface area contributed by atoms with E-state index in [1.165, 1.54) is 14.2 Å². The second kappa shape index (κ2) is 6.67. The van der Waals surface area contributed by atoms with Gasteiger partial charge in [-0.1, -0.05) is 0 Å². The Bertz CT molecular complexity index is 414. The monoisotopic (exact) mass is 282 g/mol. The Morgan fingerprint density at radius 2 is 1.60 bits per heavy atom. The molecule has 1 aromatic rings. The number of hydrogen-bond donors (Lipinski definition) is 1. The van der Waals surface area contributed by atoms with E-state index >= 15 is 0 Å². The molecule has 2 rings (SSSR count). The van der Waals surface area contributed by atoms with Crippen LogP contribution in [0.1, 0.15) is 6.92 Å². The third-order valence-corrected chi connectivity index (χ3v) is 3.51. The van der Waals surface area contributed by atoms with E-state index in [1.807, 2.05) is 0 Å². The average Bonchev–Trinajstić information content (AvgIpc) is 2.53. The molecule has 2 heterocycles. The van der Waals surface area contributed by atoms with Crippen molar-refractivity contribution in [1.82, 2.24) is 19.9 Å². The van der Waals surface area contributed by atoms with Crippen molar-refractivity contribution in [3.8, 4) is 12.0 Å². The van der Waals surface area contributed by atoms with E-state index in [0.717, 1.165) is 26.2 Å². The molecule has 20 heavy (non-hydrogen) atoms. The minimum atomic E-state index is 0.268. The summed E-state index contributed by atoms with van der Waals surface area (Å²) in [6, 6.07) is 0.939. The van der Waals surface area contributed by atoms with Crippen molar-refractivity contribution in [3.05, 3.63) is 0 Å². The maximum Gasteiger partial charge on any atom is 0.324 e. The van der Waals surface area contributed by atoms with Gasteiger partial charge in [0.1, 0.15) is 0 Å². The normalized spacial score (nSPS) is 17.9. The maximum atomic E-state index is 5.70. The van der Waals surface area contributed by atoms with E-state index in [-0.39, 0.29) is 12.0 Å². The van der Waals surface area contributed by atoms with Gasteiger partial charge >= 0.3 is 12.0 Å². The lowest BCUT2D eigenvalue weighted by atomic mass is 10.2. The molecule has 0 saturated carbocycles. The zero-order chi connectivity index (χ0) is 14.5. The fraction of sp³-hybridized carbons (Fsp3) is 0.750. The van der Waals surface area contributed by atoms with Crippen molar-refractivity contribution in [3.63, 3.8) is 0 Å². The number of hydrogen-bond acceptors (Lipinski definition) is 8. The van der Waals surface area contributed by atoms with E-state index in [0.29, 0.717) is 18.5 Å². The zero-order valence-corrected chi connectivity index (χ0v) is 12.2. The summed E-state index contributed by atoms with van der Waals surface area (Å²) in [5, 5.41) is 0. The average molecular weight is 282 g/mol. The van der Waals surface area contributed by atoms with E-state index in [1.54, 1.807) is 0 Å². The summed E-state index contributed by atoms with van der Waals surface area (Å²) in [7, 11) is 3.05. The SMILES string of the molecule is COc1nc(OC)nc(N2CCN(C(C)CN)CC2)n1. The Balaban J connectivity index is 2.06. The third kappa shape index (κ3) is 3.26. The summed E-state index contributed by atoms with van der Waals surface area (Å²) in [5.41, 5.74) is 5.70. The first-order valence-corrected chi connectivity index (χ1v) is 6.71. The molecule has 8 nitrogen and oxygen atoms in total. The first kappa shape index (κ1) is 14.7. The molecule has 0 spiro atoms. The highest BCUT2D eigenvalue weighted by Crippen LogP contribution is 2.18. The quantitative estimate of drug-likeness (QED) is 0.762. The molecule has 1 atom stereocenters. The molecule has 0 radical (unpaired) electrons. The number of anilines is 1. The number of ether oxygens (including phenoxy) is 2. The minimum absolute atomic E-state index is 0.268. The lowest BCUT2D eigenvalue weighted by Gasteiger charge is -2.37. The van der Waals surface area contributed by atoms with Gasteiger partial charge in [-0.15, -0.1) is 4.98 Å². The maximum absolute atomic E-state index is 5.70. The Morgan fingerprint density at radius 3 is 2.05 bits per heavy atom. The van der Waals surface area contributed by atoms with Crippen LogP contribution in [0.25, 0.3) is 0 Å². The highest BCUT2D eigenvalue weighted by Gasteiger charge is 2.23. The van der Waals surface area contributed by atoms with Gasteiger partial charge in [-0.3, -0.25) is 4.90 Å². The largest absolute Gasteiger partial charge is 0.467 e. The molecule has 1 aliphatic rings. The van der Waals surface area contributed by atoms with Crippen LogP contribution in [0.3, 0.4) is 0 Å². The van der Waals surface area contributed by atoms with E-state index in [2.05, 4.69) is 31.7 Å². The Hall–Kier alpha value is -1.67. The van der Waals surface area contributed by atoms with E-state index < -0.39 is 0 Å². The minimum Gasteiger partial charge on any atom is -0.467 e. The van der Waals surface area contributed by atoms with Crippen molar-refractivity contribution in [2.45, 2.75) is 13.0 Å². The van der Waals surface area contributed by atoms with Gasteiger partial charge in [-0.05, 0) is 6.92 Å². The molecule has 1 aliphatic heterocycles. The molecule has 1 aromatic heterocycles. The van der Waals surface area contributed by atoms with Gasteiger partial charge in [0.2, 0.25) is 5.95 Å². The van der Waals surface area contributed by atoms with Crippen LogP contribution >= 0.6 is 0 Å². The van der Waals surface area contributed by atoms with E-state index in [4.69, 9.17) is 15.2 Å². The molecule has 1 unspecified atom stereocenters. The molecular formula is C12H22N6O2. The van der Waals surface area contributed by atoms with Crippen LogP contribution < -0.4 is 20.1 Å². The highest BCUT2D eigenvalue weighted by molar-refractivity contribution is 5.33. The summed E-state index contributed by atoms with van der Waals surface area (Å²) < 4.78 is 10.1. The molecule has 2 N–H and O–H groups in total. The number of nitrogens with two attached hydrogens (primary N) is 1. The first-order valence-electron chi connectivity index (χ1n) is 6.71. The van der Waals surface area contributed by atoms with Crippen LogP contribution in [0.4, 0.5) is 5.95 Å². The zero-order valence-electron chi connectivity index (χ0n) is 12.2. The van der Waals surface area contributed by atoms with Gasteiger partial charge in [-0.2, -0.15) is 9.97 Å². The van der Waals surface area contributed by atoms with Crippen molar-refractivity contribution < 1.29 is 9.47 Å². The van der Waals surface area contributed by atoms with Crippen molar-refractivity contribution in [1.29, 1.82) is 0 Å². The van der Waals surface area contributed by atoms with Crippen LogP contribution in [0.5, 0.6) is 12.0 Å². The molecule has 1 fully saturated rings. The summed E-state index contributed by atoms with van der Waals surface area (Å²) >= 11 is 0. The van der Waals surface area contributed by atoms with Crippen LogP contribution in [-0.4, -0.2) is 72.8 Å². The lowest BCUT2D eigenvalue weighted by molar-refractivity contribution is 0.200. The summed E-state index contributed by atoms with van der Waals surface area (Å²) in [6.07, 6.45) is 0. The smallest absolute Gasteiger partial charge is 0.324 e. The van der Waals surface area contributed by atoms with Gasteiger partial charge in [0.15, 0.2) is 0 Å². The summed E-state index contributed by atoms with van der Waals surface area (Å²) in [5.74, 6) is 0.591. The van der Waals surface area contributed by atoms with Crippen molar-refractivity contribution in [2.24, 2.45) is 5.73 Å². The van der Waals surface area contributed by atoms with Gasteiger partial charge in [0, 0.05) is 38.8 Å². The van der Waals surface area contributed by atoms with Gasteiger partial charge < -0.3 is 20.1 Å². The van der Waals surface area contributed by atoms with Crippen LogP contribution in [0.2, 0.25) is 0 Å². The standard InChI is InChI=1S/C12H22N6O2/c1-9(8-13)17-4-6-18(7-5-17)10-14-11(19-2)16-12(15-10)20-3/h9H,4-8,13H2,1-3H3. The number of nitrogens with zero attached hydrogens (tertiary/aromatic N) is 5. The van der Waals surface area contributed by atoms with Crippen LogP contribution in [0, 0.1) is 0 Å². The topological polar surface area (TPSA) is 89.6 Å². The molecule has 1 saturated heterocycles. The number of rotatable bonds is 5. The van der Waals surface area contributed by atoms with Gasteiger partial charge in [0.05, 0.1) is 14.2 Å². The van der Waals surface area contributed by atoms with Crippen molar-refractivity contribution in [2.75, 3.05) is 51.8 Å². The second-order valence-corrected chi connectivity index (χ2v) is 4.72. The fourth-order valence-electron chi connectivity index (χ4n) is 2.16. The molecule has 112 valence electrons. The summed E-state index contributed by atoms with van der Waals surface area (Å²) in [6.45, 7) is 6.39. The predicted molar refractivity (Wildman–Crippen MR) is 75.2 cm³/mol. The van der Waals surface area contributed by atoms with Gasteiger partial charge in [0.25, 0.3) is 0 Å². The summed E-state index contributed by atoms with van der Waals surface area (Å²) in [4.78, 5) is 17.0. The molecule has 0 aliphatic carbocycles. The molecule has 0 amide bonds. The van der Waals surface area contributed by atoms with Gasteiger partial charge in [-0.25, -0.2) is 0 Å². The fourth-order valence-corrected chi connectivity index (χ4v) is 2.16. The van der Waals surface area contributed by atoms with Crippen LogP contribution in [-0.2, 0) is 0 Å². The molecule has 0 bridgehead atoms.